The molecule has 4 atom stereocenters. The summed E-state index contributed by atoms with van der Waals surface area (Å²) in [6.45, 7) is 4.02. The van der Waals surface area contributed by atoms with Gasteiger partial charge in [-0.2, -0.15) is 0 Å². The van der Waals surface area contributed by atoms with Gasteiger partial charge >= 0.3 is 19.8 Å². The lowest BCUT2D eigenvalue weighted by atomic mass is 10.1. The van der Waals surface area contributed by atoms with Crippen LogP contribution in [-0.2, 0) is 32.7 Å². The first kappa shape index (κ1) is 60.1. The molecule has 0 aliphatic rings. The van der Waals surface area contributed by atoms with E-state index in [1.165, 1.54) is 51.4 Å². The van der Waals surface area contributed by atoms with E-state index in [1.807, 2.05) is 27.2 Å². The summed E-state index contributed by atoms with van der Waals surface area (Å²) in [7, 11) is 1.30. The Morgan fingerprint density at radius 2 is 1.10 bits per heavy atom. The van der Waals surface area contributed by atoms with Crippen LogP contribution in [0.3, 0.4) is 0 Å². The Hall–Kier alpha value is -2.89. The van der Waals surface area contributed by atoms with Crippen molar-refractivity contribution in [2.45, 2.75) is 180 Å². The Morgan fingerprint density at radius 1 is 0.587 bits per heavy atom. The van der Waals surface area contributed by atoms with E-state index in [4.69, 9.17) is 18.5 Å². The Labute approximate surface area is 383 Å². The monoisotopic (exact) mass is 907 g/mol. The van der Waals surface area contributed by atoms with Gasteiger partial charge in [-0.1, -0.05) is 157 Å². The highest BCUT2D eigenvalue weighted by Gasteiger charge is 2.27. The maximum absolute atomic E-state index is 12.7. The molecule has 362 valence electrons. The van der Waals surface area contributed by atoms with Gasteiger partial charge in [-0.05, 0) is 77.0 Å². The van der Waals surface area contributed by atoms with Crippen molar-refractivity contribution in [3.8, 4) is 0 Å². The molecule has 0 heterocycles. The number of carbonyl (C=O) groups excluding carboxylic acids is 2. The molecular formula is C51H89NO10P+. The molecule has 0 radical (unpaired) electrons. The average molecular weight is 907 g/mol. The minimum Gasteiger partial charge on any atom is -0.462 e. The summed E-state index contributed by atoms with van der Waals surface area (Å²) < 4.78 is 34.1. The van der Waals surface area contributed by atoms with Crippen molar-refractivity contribution in [3.63, 3.8) is 0 Å². The van der Waals surface area contributed by atoms with Crippen LogP contribution in [-0.4, -0.2) is 97.3 Å². The number of quaternary nitrogens is 1. The number of allylic oxidation sites excluding steroid dienone is 11. The van der Waals surface area contributed by atoms with Crippen molar-refractivity contribution >= 4 is 19.8 Å². The van der Waals surface area contributed by atoms with Crippen LogP contribution in [0.25, 0.3) is 0 Å². The topological polar surface area (TPSA) is 149 Å². The zero-order valence-corrected chi connectivity index (χ0v) is 40.9. The van der Waals surface area contributed by atoms with Crippen molar-refractivity contribution in [2.75, 3.05) is 47.5 Å². The molecule has 0 aliphatic carbocycles. The molecule has 0 aromatic carbocycles. The number of aliphatic hydroxyl groups excluding tert-OH is 2. The SMILES string of the molecule is CCCCC/C=C\C[C@H](O)/C=C/C=C/C=C\[C@H](O)CCCC(=O)O[C@H](COC(=O)CCCCCCCC/C=C\C/C=C\C/C=C\CCCCCC)COP(=O)(O)OCC[N+](C)(C)C. The molecule has 0 amide bonds. The number of likely N-dealkylation sites (N-methyl/N-ethyl adjacent to an activating group) is 1. The molecule has 0 rings (SSSR count). The number of hydrogen-bond donors (Lipinski definition) is 3. The molecule has 3 N–H and O–H groups in total. The summed E-state index contributed by atoms with van der Waals surface area (Å²) in [6.07, 6.45) is 46.9. The van der Waals surface area contributed by atoms with Crippen LogP contribution in [0.5, 0.6) is 0 Å². The number of aliphatic hydroxyl groups is 2. The summed E-state index contributed by atoms with van der Waals surface area (Å²) in [5, 5.41) is 20.4. The molecule has 0 bridgehead atoms. The van der Waals surface area contributed by atoms with Gasteiger partial charge in [0.1, 0.15) is 19.8 Å². The molecule has 0 fully saturated rings. The number of nitrogens with zero attached hydrogens (tertiary/aromatic N) is 1. The summed E-state index contributed by atoms with van der Waals surface area (Å²) >= 11 is 0. The third-order valence-electron chi connectivity index (χ3n) is 9.84. The van der Waals surface area contributed by atoms with Gasteiger partial charge < -0.3 is 29.1 Å². The van der Waals surface area contributed by atoms with Crippen molar-refractivity contribution in [3.05, 3.63) is 85.1 Å². The lowest BCUT2D eigenvalue weighted by Crippen LogP contribution is -2.37. The molecule has 0 aromatic heterocycles. The third kappa shape index (κ3) is 45.5. The van der Waals surface area contributed by atoms with Gasteiger partial charge in [-0.25, -0.2) is 4.57 Å². The normalized spacial score (nSPS) is 15.2. The smallest absolute Gasteiger partial charge is 0.462 e. The van der Waals surface area contributed by atoms with E-state index in [0.717, 1.165) is 57.8 Å². The molecular weight excluding hydrogens is 818 g/mol. The van der Waals surface area contributed by atoms with Gasteiger partial charge in [0.25, 0.3) is 0 Å². The maximum atomic E-state index is 12.7. The van der Waals surface area contributed by atoms with E-state index in [-0.39, 0.29) is 26.1 Å². The first-order chi connectivity index (χ1) is 30.3. The molecule has 0 aromatic rings. The second-order valence-corrected chi connectivity index (χ2v) is 18.6. The fraction of sp³-hybridized carbons (Fsp3) is 0.686. The molecule has 12 heteroatoms. The Morgan fingerprint density at radius 3 is 1.71 bits per heavy atom. The minimum absolute atomic E-state index is 0.0209. The van der Waals surface area contributed by atoms with Crippen LogP contribution in [0.4, 0.5) is 0 Å². The number of ether oxygens (including phenoxy) is 2. The zero-order chi connectivity index (χ0) is 46.7. The second-order valence-electron chi connectivity index (χ2n) is 17.2. The fourth-order valence-corrected chi connectivity index (χ4v) is 6.72. The summed E-state index contributed by atoms with van der Waals surface area (Å²) in [6, 6.07) is 0. The lowest BCUT2D eigenvalue weighted by Gasteiger charge is -2.24. The van der Waals surface area contributed by atoms with Gasteiger partial charge in [-0.15, -0.1) is 0 Å². The van der Waals surface area contributed by atoms with Crippen LogP contribution in [0.2, 0.25) is 0 Å². The van der Waals surface area contributed by atoms with Gasteiger partial charge in [0.2, 0.25) is 0 Å². The number of rotatable bonds is 42. The van der Waals surface area contributed by atoms with E-state index in [0.29, 0.717) is 36.7 Å². The number of hydrogen-bond acceptors (Lipinski definition) is 9. The van der Waals surface area contributed by atoms with Crippen molar-refractivity contribution < 1.29 is 52.3 Å². The predicted octanol–water partition coefficient (Wildman–Crippen LogP) is 11.9. The number of phosphoric ester groups is 1. The molecule has 0 saturated carbocycles. The summed E-state index contributed by atoms with van der Waals surface area (Å²) in [5.74, 6) is -1.06. The minimum atomic E-state index is -4.46. The van der Waals surface area contributed by atoms with E-state index in [2.05, 4.69) is 56.4 Å². The van der Waals surface area contributed by atoms with Crippen molar-refractivity contribution in [1.82, 2.24) is 0 Å². The number of carbonyl (C=O) groups is 2. The quantitative estimate of drug-likeness (QED) is 0.0135. The lowest BCUT2D eigenvalue weighted by molar-refractivity contribution is -0.870. The Bertz CT molecular complexity index is 1380. The standard InChI is InChI=1S/C51H88NO10P/c1-6-8-10-12-14-15-16-17-18-19-20-21-22-23-24-25-26-27-29-35-41-50(55)59-45-49(46-61-63(57,58)60-44-43-52(3,4)5)62-51(56)42-36-40-48(54)39-34-31-30-33-38-47(53)37-32-28-13-11-9-7-2/h15-16,18-19,21-22,28,30-34,38-39,47-49,53-54H,6-14,17,20,23-27,29,35-37,40-46H2,1-5H3/p+1/b16-15-,19-18-,22-21-,31-30+,32-28-,38-33+,39-34-/t47-,48-,49+/m0/s1. The third-order valence-corrected chi connectivity index (χ3v) is 10.8. The Kier molecular flexibility index (Phi) is 39.9. The van der Waals surface area contributed by atoms with Crippen LogP contribution in [0.15, 0.2) is 85.1 Å². The highest BCUT2D eigenvalue weighted by Crippen LogP contribution is 2.43. The molecule has 11 nitrogen and oxygen atoms in total. The van der Waals surface area contributed by atoms with Crippen molar-refractivity contribution in [1.29, 1.82) is 0 Å². The van der Waals surface area contributed by atoms with E-state index >= 15 is 0 Å². The second kappa shape index (κ2) is 41.8. The van der Waals surface area contributed by atoms with Crippen LogP contribution in [0, 0.1) is 0 Å². The summed E-state index contributed by atoms with van der Waals surface area (Å²) in [4.78, 5) is 35.5. The van der Waals surface area contributed by atoms with Gasteiger partial charge in [0.15, 0.2) is 6.10 Å². The first-order valence-electron chi connectivity index (χ1n) is 24.0. The average Bonchev–Trinajstić information content (AvgIpc) is 3.23. The molecule has 63 heavy (non-hydrogen) atoms. The predicted molar refractivity (Wildman–Crippen MR) is 259 cm³/mol. The van der Waals surface area contributed by atoms with Crippen molar-refractivity contribution in [2.24, 2.45) is 0 Å². The summed E-state index contributed by atoms with van der Waals surface area (Å²) in [5.41, 5.74) is 0. The number of phosphoric acid groups is 1. The van der Waals surface area contributed by atoms with E-state index in [9.17, 15) is 29.3 Å². The largest absolute Gasteiger partial charge is 0.472 e. The molecule has 1 unspecified atom stereocenters. The number of esters is 2. The number of unbranched alkanes of at least 4 members (excludes halogenated alkanes) is 13. The van der Waals surface area contributed by atoms with Crippen LogP contribution < -0.4 is 0 Å². The zero-order valence-electron chi connectivity index (χ0n) is 40.0. The van der Waals surface area contributed by atoms with Crippen LogP contribution in [0.1, 0.15) is 162 Å². The van der Waals surface area contributed by atoms with E-state index in [1.54, 1.807) is 36.5 Å². The molecule has 0 saturated heterocycles. The Balaban J connectivity index is 4.58. The highest BCUT2D eigenvalue weighted by molar-refractivity contribution is 7.47. The van der Waals surface area contributed by atoms with Gasteiger partial charge in [0.05, 0.1) is 40.0 Å². The van der Waals surface area contributed by atoms with Crippen LogP contribution >= 0.6 is 7.82 Å². The van der Waals surface area contributed by atoms with E-state index < -0.39 is 44.7 Å². The van der Waals surface area contributed by atoms with Gasteiger partial charge in [0, 0.05) is 12.8 Å². The highest BCUT2D eigenvalue weighted by atomic mass is 31.2. The first-order valence-corrected chi connectivity index (χ1v) is 25.5. The molecule has 0 aliphatic heterocycles. The molecule has 0 spiro atoms. The maximum Gasteiger partial charge on any atom is 0.472 e. The fourth-order valence-electron chi connectivity index (χ4n) is 5.98. The van der Waals surface area contributed by atoms with Gasteiger partial charge in [-0.3, -0.25) is 18.6 Å².